The van der Waals surface area contributed by atoms with Gasteiger partial charge in [-0.2, -0.15) is 0 Å². The molecule has 0 saturated carbocycles. The number of esters is 1. The highest BCUT2D eigenvalue weighted by atomic mass is 28.2. The lowest BCUT2D eigenvalue weighted by molar-refractivity contribution is -0.248. The summed E-state index contributed by atoms with van der Waals surface area (Å²) in [6, 6.07) is 0.740. The average molecular weight is 318 g/mol. The van der Waals surface area contributed by atoms with E-state index < -0.39 is 16.2 Å². The van der Waals surface area contributed by atoms with E-state index in [0.717, 1.165) is 31.7 Å². The molecule has 0 saturated heterocycles. The summed E-state index contributed by atoms with van der Waals surface area (Å²) in [5, 5.41) is 0. The molecule has 0 aromatic carbocycles. The average Bonchev–Trinajstić information content (AvgIpc) is 2.46. The van der Waals surface area contributed by atoms with Crippen LogP contribution in [0.25, 0.3) is 0 Å². The van der Waals surface area contributed by atoms with Crippen LogP contribution in [0.2, 0.25) is 6.04 Å². The van der Waals surface area contributed by atoms with E-state index in [2.05, 4.69) is 20.4 Å². The van der Waals surface area contributed by atoms with Crippen molar-refractivity contribution >= 4 is 15.7 Å². The highest BCUT2D eigenvalue weighted by Gasteiger charge is 2.10. The summed E-state index contributed by atoms with van der Waals surface area (Å²) in [5.74, 6) is -0.348. The Bertz CT molecular complexity index is 273. The number of carbonyl (C=O) groups is 1. The quantitative estimate of drug-likeness (QED) is 0.162. The standard InChI is InChI=1S/C15H30O5Si/c1-5-7-9-18-15(19-10-8-6-2)20-21-12-11-17-14(16)13(3)4/h15H,3,5-12,21H2,1-2,4H3. The van der Waals surface area contributed by atoms with Crippen LogP contribution in [0.3, 0.4) is 0 Å². The van der Waals surface area contributed by atoms with Crippen LogP contribution in [0, 0.1) is 0 Å². The van der Waals surface area contributed by atoms with Gasteiger partial charge in [0.2, 0.25) is 0 Å². The third kappa shape index (κ3) is 12.7. The second-order valence-electron chi connectivity index (χ2n) is 4.88. The van der Waals surface area contributed by atoms with Crippen LogP contribution in [0.5, 0.6) is 0 Å². The van der Waals surface area contributed by atoms with Crippen LogP contribution in [0.15, 0.2) is 12.2 Å². The van der Waals surface area contributed by atoms with Crippen molar-refractivity contribution in [3.8, 4) is 0 Å². The van der Waals surface area contributed by atoms with Crippen molar-refractivity contribution < 1.29 is 23.4 Å². The van der Waals surface area contributed by atoms with Crippen LogP contribution in [0.1, 0.15) is 46.5 Å². The lowest BCUT2D eigenvalue weighted by Gasteiger charge is -2.19. The molecule has 0 aliphatic heterocycles. The molecule has 0 heterocycles. The SMILES string of the molecule is C=C(C)C(=O)OCC[SiH2]OC(OCCCC)OCCCC. The number of unbranched alkanes of at least 4 members (excludes halogenated alkanes) is 2. The minimum Gasteiger partial charge on any atom is -0.463 e. The molecule has 0 aromatic rings. The van der Waals surface area contributed by atoms with E-state index in [-0.39, 0.29) is 5.97 Å². The summed E-state index contributed by atoms with van der Waals surface area (Å²) in [5.41, 5.74) is 0.418. The molecule has 0 spiro atoms. The Labute approximate surface area is 130 Å². The first kappa shape index (κ1) is 20.3. The molecule has 0 amide bonds. The van der Waals surface area contributed by atoms with Gasteiger partial charge in [-0.05, 0) is 25.8 Å². The minimum absolute atomic E-state index is 0.348. The van der Waals surface area contributed by atoms with E-state index in [0.29, 0.717) is 25.4 Å². The van der Waals surface area contributed by atoms with Crippen molar-refractivity contribution in [2.45, 2.75) is 59.0 Å². The summed E-state index contributed by atoms with van der Waals surface area (Å²) in [6.45, 7) is 10.5. The van der Waals surface area contributed by atoms with Crippen molar-refractivity contribution in [1.29, 1.82) is 0 Å². The van der Waals surface area contributed by atoms with E-state index in [1.807, 2.05) is 0 Å². The van der Waals surface area contributed by atoms with E-state index in [1.54, 1.807) is 6.92 Å². The third-order valence-corrected chi connectivity index (χ3v) is 3.71. The van der Waals surface area contributed by atoms with Crippen LogP contribution in [-0.4, -0.2) is 42.0 Å². The Hall–Kier alpha value is -0.693. The highest BCUT2D eigenvalue weighted by molar-refractivity contribution is 6.27. The van der Waals surface area contributed by atoms with Gasteiger partial charge in [-0.3, -0.25) is 0 Å². The summed E-state index contributed by atoms with van der Waals surface area (Å²) >= 11 is 0. The number of hydrogen-bond acceptors (Lipinski definition) is 5. The van der Waals surface area contributed by atoms with Gasteiger partial charge in [0.15, 0.2) is 9.76 Å². The predicted octanol–water partition coefficient (Wildman–Crippen LogP) is 2.54. The maximum absolute atomic E-state index is 11.2. The lowest BCUT2D eigenvalue weighted by atomic mass is 10.4. The molecule has 21 heavy (non-hydrogen) atoms. The molecule has 0 atom stereocenters. The van der Waals surface area contributed by atoms with E-state index in [9.17, 15) is 4.79 Å². The molecule has 124 valence electrons. The fourth-order valence-corrected chi connectivity index (χ4v) is 2.13. The second kappa shape index (κ2) is 14.3. The van der Waals surface area contributed by atoms with Gasteiger partial charge >= 0.3 is 5.97 Å². The van der Waals surface area contributed by atoms with Gasteiger partial charge in [0.25, 0.3) is 6.48 Å². The molecule has 0 fully saturated rings. The Morgan fingerprint density at radius 1 is 1.10 bits per heavy atom. The number of rotatable bonds is 14. The summed E-state index contributed by atoms with van der Waals surface area (Å²) in [7, 11) is -0.829. The maximum Gasteiger partial charge on any atom is 0.333 e. The van der Waals surface area contributed by atoms with Crippen LogP contribution >= 0.6 is 0 Å². The summed E-state index contributed by atoms with van der Waals surface area (Å²) < 4.78 is 21.8. The highest BCUT2D eigenvalue weighted by Crippen LogP contribution is 2.03. The first-order valence-electron chi connectivity index (χ1n) is 7.79. The first-order chi connectivity index (χ1) is 10.1. The molecule has 0 unspecified atom stereocenters. The van der Waals surface area contributed by atoms with Gasteiger partial charge < -0.3 is 18.6 Å². The van der Waals surface area contributed by atoms with E-state index >= 15 is 0 Å². The number of hydrogen-bond donors (Lipinski definition) is 0. The fourth-order valence-electron chi connectivity index (χ4n) is 1.32. The second-order valence-corrected chi connectivity index (χ2v) is 6.33. The lowest BCUT2D eigenvalue weighted by Crippen LogP contribution is -2.24. The zero-order valence-corrected chi connectivity index (χ0v) is 15.1. The van der Waals surface area contributed by atoms with E-state index in [1.165, 1.54) is 0 Å². The molecule has 6 heteroatoms. The Morgan fingerprint density at radius 2 is 1.67 bits per heavy atom. The monoisotopic (exact) mass is 318 g/mol. The van der Waals surface area contributed by atoms with Gasteiger partial charge in [-0.15, -0.1) is 0 Å². The molecule has 0 aromatic heterocycles. The third-order valence-electron chi connectivity index (χ3n) is 2.63. The zero-order valence-electron chi connectivity index (χ0n) is 13.7. The number of ether oxygens (including phenoxy) is 3. The molecule has 0 rings (SSSR count). The van der Waals surface area contributed by atoms with Crippen molar-refractivity contribution in [3.63, 3.8) is 0 Å². The van der Waals surface area contributed by atoms with Gasteiger partial charge in [0.05, 0.1) is 19.8 Å². The Morgan fingerprint density at radius 3 is 2.14 bits per heavy atom. The van der Waals surface area contributed by atoms with Crippen LogP contribution < -0.4 is 0 Å². The van der Waals surface area contributed by atoms with Gasteiger partial charge in [0.1, 0.15) is 0 Å². The molecule has 0 radical (unpaired) electrons. The van der Waals surface area contributed by atoms with Crippen molar-refractivity contribution in [3.05, 3.63) is 12.2 Å². The molecule has 0 aliphatic rings. The van der Waals surface area contributed by atoms with Crippen molar-refractivity contribution in [1.82, 2.24) is 0 Å². The van der Waals surface area contributed by atoms with Crippen molar-refractivity contribution in [2.24, 2.45) is 0 Å². The predicted molar refractivity (Wildman–Crippen MR) is 85.7 cm³/mol. The van der Waals surface area contributed by atoms with Crippen molar-refractivity contribution in [2.75, 3.05) is 19.8 Å². The fraction of sp³-hybridized carbons (Fsp3) is 0.800. The normalized spacial score (nSPS) is 11.4. The molecular weight excluding hydrogens is 288 g/mol. The summed E-state index contributed by atoms with van der Waals surface area (Å²) in [6.07, 6.45) is 4.15. The van der Waals surface area contributed by atoms with E-state index in [4.69, 9.17) is 18.6 Å². The minimum atomic E-state index is -0.829. The Kier molecular flexibility index (Phi) is 13.8. The molecular formula is C15H30O5Si. The molecule has 0 N–H and O–H groups in total. The first-order valence-corrected chi connectivity index (χ1v) is 9.37. The summed E-state index contributed by atoms with van der Waals surface area (Å²) in [4.78, 5) is 11.2. The Balaban J connectivity index is 3.77. The molecule has 0 aliphatic carbocycles. The molecule has 0 bridgehead atoms. The number of carbonyl (C=O) groups excluding carboxylic acids is 1. The maximum atomic E-state index is 11.2. The largest absolute Gasteiger partial charge is 0.463 e. The smallest absolute Gasteiger partial charge is 0.333 e. The van der Waals surface area contributed by atoms with Crippen LogP contribution in [0.4, 0.5) is 0 Å². The van der Waals surface area contributed by atoms with Gasteiger partial charge in [0, 0.05) is 5.57 Å². The molecule has 5 nitrogen and oxygen atoms in total. The van der Waals surface area contributed by atoms with Crippen LogP contribution in [-0.2, 0) is 23.4 Å². The van der Waals surface area contributed by atoms with Gasteiger partial charge in [-0.1, -0.05) is 33.3 Å². The zero-order chi connectivity index (χ0) is 15.9. The van der Waals surface area contributed by atoms with Gasteiger partial charge in [-0.25, -0.2) is 4.79 Å². The topological polar surface area (TPSA) is 54.0 Å².